The van der Waals surface area contributed by atoms with Gasteiger partial charge in [0.05, 0.1) is 5.69 Å². The van der Waals surface area contributed by atoms with Crippen molar-refractivity contribution in [1.29, 1.82) is 0 Å². The molecule has 0 aliphatic heterocycles. The molecule has 20 heavy (non-hydrogen) atoms. The summed E-state index contributed by atoms with van der Waals surface area (Å²) in [6.07, 6.45) is 4.78. The maximum Gasteiger partial charge on any atom is 0.196 e. The van der Waals surface area contributed by atoms with Crippen molar-refractivity contribution in [3.05, 3.63) is 29.6 Å². The van der Waals surface area contributed by atoms with Crippen LogP contribution < -0.4 is 10.6 Å². The molecule has 0 saturated heterocycles. The van der Waals surface area contributed by atoms with Crippen LogP contribution in [0.3, 0.4) is 0 Å². The minimum Gasteiger partial charge on any atom is -0.359 e. The van der Waals surface area contributed by atoms with E-state index in [1.54, 1.807) is 0 Å². The van der Waals surface area contributed by atoms with Gasteiger partial charge in [-0.05, 0) is 55.4 Å². The van der Waals surface area contributed by atoms with E-state index >= 15 is 0 Å². The zero-order valence-electron chi connectivity index (χ0n) is 10.8. The van der Waals surface area contributed by atoms with Gasteiger partial charge in [-0.15, -0.1) is 0 Å². The Morgan fingerprint density at radius 2 is 1.90 bits per heavy atom. The van der Waals surface area contributed by atoms with Gasteiger partial charge in [-0.1, -0.05) is 6.42 Å². The molecule has 2 nitrogen and oxygen atoms in total. The second-order valence-corrected chi connectivity index (χ2v) is 6.01. The molecule has 1 aromatic rings. The van der Waals surface area contributed by atoms with E-state index in [9.17, 15) is 13.2 Å². The summed E-state index contributed by atoms with van der Waals surface area (Å²) >= 11 is 5.12. The standard InChI is InChI=1S/C14H15F3N2S/c15-9-3-4-10(13(17)12(9)16)18-14(20)19-11-6-7-1-2-8(11)5-7/h3-4,7-8,11H,1-2,5-6H2,(H2,18,19,20)/t7-,8+,11-/m0/s1. The number of halogens is 3. The van der Waals surface area contributed by atoms with Crippen LogP contribution in [0.4, 0.5) is 18.9 Å². The monoisotopic (exact) mass is 300 g/mol. The highest BCUT2D eigenvalue weighted by Crippen LogP contribution is 2.44. The molecule has 2 fully saturated rings. The molecule has 3 atom stereocenters. The summed E-state index contributed by atoms with van der Waals surface area (Å²) in [5.41, 5.74) is -0.149. The minimum absolute atomic E-state index is 0.149. The second kappa shape index (κ2) is 5.24. The van der Waals surface area contributed by atoms with E-state index in [2.05, 4.69) is 10.6 Å². The average Bonchev–Trinajstić information content (AvgIpc) is 3.02. The first-order chi connectivity index (χ1) is 9.54. The molecule has 0 amide bonds. The van der Waals surface area contributed by atoms with Crippen molar-refractivity contribution in [3.8, 4) is 0 Å². The molecule has 0 spiro atoms. The van der Waals surface area contributed by atoms with Gasteiger partial charge >= 0.3 is 0 Å². The van der Waals surface area contributed by atoms with Crippen LogP contribution in [0.2, 0.25) is 0 Å². The summed E-state index contributed by atoms with van der Waals surface area (Å²) in [5.74, 6) is -2.56. The Kier molecular flexibility index (Phi) is 3.58. The van der Waals surface area contributed by atoms with Crippen molar-refractivity contribution in [2.45, 2.75) is 31.7 Å². The highest BCUT2D eigenvalue weighted by atomic mass is 32.1. The lowest BCUT2D eigenvalue weighted by molar-refractivity contribution is 0.391. The van der Waals surface area contributed by atoms with E-state index in [0.29, 0.717) is 12.0 Å². The molecule has 108 valence electrons. The summed E-state index contributed by atoms with van der Waals surface area (Å²) in [4.78, 5) is 0. The lowest BCUT2D eigenvalue weighted by atomic mass is 9.96. The van der Waals surface area contributed by atoms with Crippen LogP contribution in [0.5, 0.6) is 0 Å². The smallest absolute Gasteiger partial charge is 0.196 e. The van der Waals surface area contributed by atoms with E-state index in [-0.39, 0.29) is 10.8 Å². The molecule has 6 heteroatoms. The molecule has 0 unspecified atom stereocenters. The van der Waals surface area contributed by atoms with Crippen molar-refractivity contribution in [2.75, 3.05) is 5.32 Å². The molecule has 2 bridgehead atoms. The van der Waals surface area contributed by atoms with E-state index in [1.807, 2.05) is 0 Å². The molecule has 3 rings (SSSR count). The number of fused-ring (bicyclic) bond motifs is 2. The fraction of sp³-hybridized carbons (Fsp3) is 0.500. The number of hydrogen-bond acceptors (Lipinski definition) is 1. The first-order valence-corrected chi connectivity index (χ1v) is 7.16. The molecule has 0 radical (unpaired) electrons. The van der Waals surface area contributed by atoms with Crippen LogP contribution in [0, 0.1) is 29.3 Å². The summed E-state index contributed by atoms with van der Waals surface area (Å²) in [5, 5.41) is 6.02. The van der Waals surface area contributed by atoms with Gasteiger partial charge in [0.2, 0.25) is 0 Å². The van der Waals surface area contributed by atoms with Gasteiger partial charge in [0.25, 0.3) is 0 Å². The Bertz CT molecular complexity index is 549. The van der Waals surface area contributed by atoms with E-state index in [4.69, 9.17) is 12.2 Å². The predicted octanol–water partition coefficient (Wildman–Crippen LogP) is 3.58. The Hall–Kier alpha value is -1.30. The summed E-state index contributed by atoms with van der Waals surface area (Å²) in [7, 11) is 0. The van der Waals surface area contributed by atoms with Crippen molar-refractivity contribution in [2.24, 2.45) is 11.8 Å². The zero-order valence-corrected chi connectivity index (χ0v) is 11.6. The van der Waals surface area contributed by atoms with E-state index in [1.165, 1.54) is 19.3 Å². The maximum atomic E-state index is 13.5. The SMILES string of the molecule is Fc1ccc(NC(=S)N[C@H]2C[C@H]3CC[C@@H]2C3)c(F)c1F. The molecule has 0 aromatic heterocycles. The van der Waals surface area contributed by atoms with Gasteiger partial charge in [-0.2, -0.15) is 0 Å². The molecule has 2 N–H and O–H groups in total. The topological polar surface area (TPSA) is 24.1 Å². The predicted molar refractivity (Wildman–Crippen MR) is 74.9 cm³/mol. The third-order valence-corrected chi connectivity index (χ3v) is 4.56. The molecule has 2 aliphatic rings. The third-order valence-electron chi connectivity index (χ3n) is 4.34. The second-order valence-electron chi connectivity index (χ2n) is 5.60. The molecular formula is C14H15F3N2S. The Morgan fingerprint density at radius 1 is 1.10 bits per heavy atom. The normalized spacial score (nSPS) is 27.6. The highest BCUT2D eigenvalue weighted by Gasteiger charge is 2.39. The van der Waals surface area contributed by atoms with Gasteiger partial charge in [0.1, 0.15) is 0 Å². The maximum absolute atomic E-state index is 13.5. The minimum atomic E-state index is -1.49. The van der Waals surface area contributed by atoms with E-state index < -0.39 is 17.5 Å². The Morgan fingerprint density at radius 3 is 2.55 bits per heavy atom. The van der Waals surface area contributed by atoms with Gasteiger partial charge < -0.3 is 10.6 Å². The van der Waals surface area contributed by atoms with Crippen LogP contribution in [0.1, 0.15) is 25.7 Å². The van der Waals surface area contributed by atoms with Crippen LogP contribution in [-0.2, 0) is 0 Å². The lowest BCUT2D eigenvalue weighted by Crippen LogP contribution is -2.41. The summed E-state index contributed by atoms with van der Waals surface area (Å²) < 4.78 is 39.5. The number of anilines is 1. The first-order valence-electron chi connectivity index (χ1n) is 6.75. The summed E-state index contributed by atoms with van der Waals surface area (Å²) in [6, 6.07) is 2.32. The molecule has 1 aromatic carbocycles. The number of rotatable bonds is 2. The van der Waals surface area contributed by atoms with Crippen molar-refractivity contribution in [3.63, 3.8) is 0 Å². The third kappa shape index (κ3) is 2.49. The zero-order chi connectivity index (χ0) is 14.3. The lowest BCUT2D eigenvalue weighted by Gasteiger charge is -2.24. The van der Waals surface area contributed by atoms with Gasteiger partial charge in [-0.3, -0.25) is 0 Å². The van der Waals surface area contributed by atoms with Gasteiger partial charge in [-0.25, -0.2) is 13.2 Å². The first kappa shape index (κ1) is 13.7. The molecule has 2 aliphatic carbocycles. The highest BCUT2D eigenvalue weighted by molar-refractivity contribution is 7.80. The number of thiocarbonyl (C=S) groups is 1. The summed E-state index contributed by atoms with van der Waals surface area (Å²) in [6.45, 7) is 0. The van der Waals surface area contributed by atoms with Crippen molar-refractivity contribution < 1.29 is 13.2 Å². The fourth-order valence-corrected chi connectivity index (χ4v) is 3.63. The van der Waals surface area contributed by atoms with E-state index in [0.717, 1.165) is 24.5 Å². The number of hydrogen-bond donors (Lipinski definition) is 2. The molecule has 0 heterocycles. The van der Waals surface area contributed by atoms with Crippen LogP contribution in [0.25, 0.3) is 0 Å². The van der Waals surface area contributed by atoms with Crippen molar-refractivity contribution >= 4 is 23.0 Å². The number of benzene rings is 1. The van der Waals surface area contributed by atoms with Gasteiger partial charge in [0.15, 0.2) is 22.6 Å². The van der Waals surface area contributed by atoms with Crippen LogP contribution >= 0.6 is 12.2 Å². The Labute approximate surface area is 120 Å². The quantitative estimate of drug-likeness (QED) is 0.645. The molecular weight excluding hydrogens is 285 g/mol. The molecule has 2 saturated carbocycles. The van der Waals surface area contributed by atoms with Crippen LogP contribution in [-0.4, -0.2) is 11.2 Å². The average molecular weight is 300 g/mol. The van der Waals surface area contributed by atoms with Crippen LogP contribution in [0.15, 0.2) is 12.1 Å². The number of nitrogens with one attached hydrogen (secondary N) is 2. The largest absolute Gasteiger partial charge is 0.359 e. The fourth-order valence-electron chi connectivity index (χ4n) is 3.37. The van der Waals surface area contributed by atoms with Gasteiger partial charge in [0, 0.05) is 6.04 Å². The van der Waals surface area contributed by atoms with Crippen molar-refractivity contribution in [1.82, 2.24) is 5.32 Å². The Balaban J connectivity index is 1.63.